The van der Waals surface area contributed by atoms with E-state index in [1.807, 2.05) is 0 Å². The molecular formula is C16H25NO2S. The normalized spacial score (nSPS) is 12.2. The first-order valence-corrected chi connectivity index (χ1v) is 8.19. The van der Waals surface area contributed by atoms with Gasteiger partial charge in [-0.1, -0.05) is 19.1 Å². The number of methoxy groups -OCH3 is 1. The SMILES string of the molecule is CCCNC(C)c1ccc(SCCCC(=O)OC)cc1. The zero-order valence-electron chi connectivity index (χ0n) is 12.6. The first-order chi connectivity index (χ1) is 9.67. The van der Waals surface area contributed by atoms with Crippen LogP contribution in [0, 0.1) is 0 Å². The lowest BCUT2D eigenvalue weighted by Gasteiger charge is -2.14. The van der Waals surface area contributed by atoms with Crippen LogP contribution in [0.25, 0.3) is 0 Å². The molecule has 0 saturated heterocycles. The van der Waals surface area contributed by atoms with Crippen LogP contribution in [0.5, 0.6) is 0 Å². The van der Waals surface area contributed by atoms with Crippen molar-refractivity contribution in [1.29, 1.82) is 0 Å². The molecule has 1 unspecified atom stereocenters. The van der Waals surface area contributed by atoms with Gasteiger partial charge in [-0.3, -0.25) is 4.79 Å². The molecule has 1 atom stereocenters. The Labute approximate surface area is 126 Å². The molecular weight excluding hydrogens is 270 g/mol. The number of carbonyl (C=O) groups excluding carboxylic acids is 1. The molecule has 3 nitrogen and oxygen atoms in total. The summed E-state index contributed by atoms with van der Waals surface area (Å²) >= 11 is 1.78. The third-order valence-corrected chi connectivity index (χ3v) is 4.20. The molecule has 20 heavy (non-hydrogen) atoms. The fraction of sp³-hybridized carbons (Fsp3) is 0.562. The highest BCUT2D eigenvalue weighted by Gasteiger charge is 2.04. The molecule has 0 saturated carbocycles. The van der Waals surface area contributed by atoms with E-state index in [-0.39, 0.29) is 5.97 Å². The van der Waals surface area contributed by atoms with E-state index in [1.54, 1.807) is 11.8 Å². The Balaban J connectivity index is 2.33. The van der Waals surface area contributed by atoms with Crippen LogP contribution in [0.1, 0.15) is 44.7 Å². The molecule has 1 rings (SSSR count). The number of nitrogens with one attached hydrogen (secondary N) is 1. The monoisotopic (exact) mass is 295 g/mol. The van der Waals surface area contributed by atoms with E-state index in [0.29, 0.717) is 12.5 Å². The summed E-state index contributed by atoms with van der Waals surface area (Å²) in [5.41, 5.74) is 1.32. The van der Waals surface area contributed by atoms with E-state index in [9.17, 15) is 4.79 Å². The molecule has 0 bridgehead atoms. The van der Waals surface area contributed by atoms with Crippen molar-refractivity contribution >= 4 is 17.7 Å². The van der Waals surface area contributed by atoms with Crippen molar-refractivity contribution in [2.24, 2.45) is 0 Å². The van der Waals surface area contributed by atoms with Crippen molar-refractivity contribution in [1.82, 2.24) is 5.32 Å². The molecule has 0 heterocycles. The Morgan fingerprint density at radius 2 is 2.05 bits per heavy atom. The van der Waals surface area contributed by atoms with Crippen molar-refractivity contribution in [3.8, 4) is 0 Å². The first kappa shape index (κ1) is 17.1. The maximum Gasteiger partial charge on any atom is 0.305 e. The van der Waals surface area contributed by atoms with Gasteiger partial charge in [-0.2, -0.15) is 0 Å². The summed E-state index contributed by atoms with van der Waals surface area (Å²) < 4.78 is 4.62. The average Bonchev–Trinajstić information content (AvgIpc) is 2.49. The van der Waals surface area contributed by atoms with Crippen LogP contribution in [0.2, 0.25) is 0 Å². The Hall–Kier alpha value is -1.00. The molecule has 4 heteroatoms. The lowest BCUT2D eigenvalue weighted by molar-refractivity contribution is -0.140. The lowest BCUT2D eigenvalue weighted by atomic mass is 10.1. The summed E-state index contributed by atoms with van der Waals surface area (Å²) in [4.78, 5) is 12.2. The molecule has 0 aliphatic carbocycles. The predicted molar refractivity (Wildman–Crippen MR) is 85.1 cm³/mol. The van der Waals surface area contributed by atoms with Gasteiger partial charge in [-0.15, -0.1) is 11.8 Å². The number of hydrogen-bond donors (Lipinski definition) is 1. The highest BCUT2D eigenvalue weighted by Crippen LogP contribution is 2.22. The van der Waals surface area contributed by atoms with Crippen molar-refractivity contribution in [2.75, 3.05) is 19.4 Å². The minimum atomic E-state index is -0.128. The van der Waals surface area contributed by atoms with Gasteiger partial charge in [-0.25, -0.2) is 0 Å². The summed E-state index contributed by atoms with van der Waals surface area (Å²) in [6.45, 7) is 5.41. The van der Waals surface area contributed by atoms with Crippen molar-refractivity contribution in [2.45, 2.75) is 44.0 Å². The summed E-state index contributed by atoms with van der Waals surface area (Å²) in [5.74, 6) is 0.815. The quantitative estimate of drug-likeness (QED) is 0.427. The van der Waals surface area contributed by atoms with Crippen LogP contribution in [0.4, 0.5) is 0 Å². The van der Waals surface area contributed by atoms with Crippen molar-refractivity contribution in [3.05, 3.63) is 29.8 Å². The summed E-state index contributed by atoms with van der Waals surface area (Å²) in [5, 5.41) is 3.48. The van der Waals surface area contributed by atoms with E-state index in [4.69, 9.17) is 0 Å². The number of ether oxygens (including phenoxy) is 1. The Kier molecular flexibility index (Phi) is 8.38. The fourth-order valence-electron chi connectivity index (χ4n) is 1.84. The summed E-state index contributed by atoms with van der Waals surface area (Å²) in [7, 11) is 1.43. The topological polar surface area (TPSA) is 38.3 Å². The zero-order chi connectivity index (χ0) is 14.8. The Morgan fingerprint density at radius 3 is 2.65 bits per heavy atom. The number of rotatable bonds is 9. The third kappa shape index (κ3) is 6.44. The molecule has 1 aromatic carbocycles. The molecule has 1 N–H and O–H groups in total. The lowest BCUT2D eigenvalue weighted by Crippen LogP contribution is -2.19. The van der Waals surface area contributed by atoms with Gasteiger partial charge in [0.25, 0.3) is 0 Å². The minimum absolute atomic E-state index is 0.128. The van der Waals surface area contributed by atoms with Crippen LogP contribution < -0.4 is 5.32 Å². The molecule has 0 radical (unpaired) electrons. The smallest absolute Gasteiger partial charge is 0.305 e. The van der Waals surface area contributed by atoms with Gasteiger partial charge >= 0.3 is 5.97 Å². The standard InChI is InChI=1S/C16H25NO2S/c1-4-11-17-13(2)14-7-9-15(10-8-14)20-12-5-6-16(18)19-3/h7-10,13,17H,4-6,11-12H2,1-3H3. The third-order valence-electron chi connectivity index (χ3n) is 3.10. The Morgan fingerprint density at radius 1 is 1.35 bits per heavy atom. The van der Waals surface area contributed by atoms with E-state index >= 15 is 0 Å². The van der Waals surface area contributed by atoms with Gasteiger partial charge in [0.05, 0.1) is 7.11 Å². The van der Waals surface area contributed by atoms with E-state index in [2.05, 4.69) is 48.2 Å². The maximum absolute atomic E-state index is 11.0. The second-order valence-electron chi connectivity index (χ2n) is 4.77. The van der Waals surface area contributed by atoms with Gasteiger partial charge in [0.1, 0.15) is 0 Å². The highest BCUT2D eigenvalue weighted by molar-refractivity contribution is 7.99. The molecule has 0 fully saturated rings. The molecule has 112 valence electrons. The first-order valence-electron chi connectivity index (χ1n) is 7.20. The second kappa shape index (κ2) is 9.83. The fourth-order valence-corrected chi connectivity index (χ4v) is 2.69. The molecule has 0 aliphatic heterocycles. The molecule has 0 amide bonds. The summed E-state index contributed by atoms with van der Waals surface area (Å²) in [6.07, 6.45) is 2.51. The van der Waals surface area contributed by atoms with Gasteiger partial charge < -0.3 is 10.1 Å². The average molecular weight is 295 g/mol. The summed E-state index contributed by atoms with van der Waals surface area (Å²) in [6, 6.07) is 9.06. The predicted octanol–water partition coefficient (Wildman–Crippen LogP) is 3.79. The largest absolute Gasteiger partial charge is 0.469 e. The number of hydrogen-bond acceptors (Lipinski definition) is 4. The van der Waals surface area contributed by atoms with E-state index in [1.165, 1.54) is 17.6 Å². The highest BCUT2D eigenvalue weighted by atomic mass is 32.2. The van der Waals surface area contributed by atoms with Crippen molar-refractivity contribution < 1.29 is 9.53 Å². The van der Waals surface area contributed by atoms with Gasteiger partial charge in [-0.05, 0) is 49.8 Å². The molecule has 0 aromatic heterocycles. The number of esters is 1. The van der Waals surface area contributed by atoms with Gasteiger partial charge in [0.2, 0.25) is 0 Å². The van der Waals surface area contributed by atoms with Crippen LogP contribution in [0.3, 0.4) is 0 Å². The van der Waals surface area contributed by atoms with Crippen LogP contribution in [-0.4, -0.2) is 25.4 Å². The number of carbonyl (C=O) groups is 1. The van der Waals surface area contributed by atoms with Gasteiger partial charge in [0.15, 0.2) is 0 Å². The maximum atomic E-state index is 11.0. The Bertz CT molecular complexity index is 392. The molecule has 1 aromatic rings. The van der Waals surface area contributed by atoms with E-state index in [0.717, 1.165) is 25.1 Å². The molecule has 0 spiro atoms. The van der Waals surface area contributed by atoms with E-state index < -0.39 is 0 Å². The molecule has 0 aliphatic rings. The van der Waals surface area contributed by atoms with Crippen LogP contribution in [0.15, 0.2) is 29.2 Å². The number of thioether (sulfide) groups is 1. The second-order valence-corrected chi connectivity index (χ2v) is 5.94. The van der Waals surface area contributed by atoms with Gasteiger partial charge in [0, 0.05) is 17.4 Å². The zero-order valence-corrected chi connectivity index (χ0v) is 13.5. The van der Waals surface area contributed by atoms with Crippen LogP contribution >= 0.6 is 11.8 Å². The minimum Gasteiger partial charge on any atom is -0.469 e. The van der Waals surface area contributed by atoms with Crippen LogP contribution in [-0.2, 0) is 9.53 Å². The number of benzene rings is 1. The van der Waals surface area contributed by atoms with Crippen molar-refractivity contribution in [3.63, 3.8) is 0 Å².